The van der Waals surface area contributed by atoms with Gasteiger partial charge in [0.2, 0.25) is 11.8 Å². The van der Waals surface area contributed by atoms with Crippen molar-refractivity contribution in [2.75, 3.05) is 26.2 Å². The summed E-state index contributed by atoms with van der Waals surface area (Å²) < 4.78 is 0. The average Bonchev–Trinajstić information content (AvgIpc) is 2.81. The number of carbonyl (C=O) groups excluding carboxylic acids is 3. The highest BCUT2D eigenvalue weighted by Gasteiger charge is 2.30. The van der Waals surface area contributed by atoms with E-state index in [0.717, 1.165) is 5.56 Å². The second kappa shape index (κ2) is 10.8. The largest absolute Gasteiger partial charge is 0.354 e. The highest BCUT2D eigenvalue weighted by Crippen LogP contribution is 2.26. The zero-order valence-corrected chi connectivity index (χ0v) is 17.5. The van der Waals surface area contributed by atoms with Crippen LogP contribution >= 0.6 is 11.6 Å². The van der Waals surface area contributed by atoms with E-state index in [1.807, 2.05) is 36.4 Å². The van der Waals surface area contributed by atoms with Crippen LogP contribution in [0.2, 0.25) is 0 Å². The molecule has 3 rings (SSSR count). The van der Waals surface area contributed by atoms with Crippen LogP contribution in [-0.4, -0.2) is 48.8 Å². The molecular weight excluding hydrogens is 402 g/mol. The van der Waals surface area contributed by atoms with Gasteiger partial charge in [-0.25, -0.2) is 0 Å². The van der Waals surface area contributed by atoms with Crippen LogP contribution in [0.25, 0.3) is 0 Å². The first-order valence-corrected chi connectivity index (χ1v) is 10.6. The summed E-state index contributed by atoms with van der Waals surface area (Å²) in [4.78, 5) is 38.7. The molecule has 0 spiro atoms. The molecule has 1 aliphatic heterocycles. The minimum atomic E-state index is -0.704. The summed E-state index contributed by atoms with van der Waals surface area (Å²) in [6.07, 6.45) is 1.21. The molecular formula is C23H26ClN3O3. The van der Waals surface area contributed by atoms with Gasteiger partial charge in [0.1, 0.15) is 5.38 Å². The van der Waals surface area contributed by atoms with Crippen LogP contribution in [0.4, 0.5) is 0 Å². The molecule has 1 saturated heterocycles. The van der Waals surface area contributed by atoms with E-state index in [9.17, 15) is 14.4 Å². The predicted octanol–water partition coefficient (Wildman–Crippen LogP) is 2.75. The van der Waals surface area contributed by atoms with Gasteiger partial charge in [-0.2, -0.15) is 0 Å². The molecule has 2 aromatic rings. The minimum absolute atomic E-state index is 0.0402. The zero-order chi connectivity index (χ0) is 21.3. The van der Waals surface area contributed by atoms with Crippen molar-refractivity contribution in [2.24, 2.45) is 5.92 Å². The standard InChI is InChI=1S/C23H26ClN3O3/c24-20(17-7-3-1-4-8-17)23(30)27-15-11-19(12-16-27)22(29)26-14-13-25-21(28)18-9-5-2-6-10-18/h1-10,19-20H,11-16H2,(H,25,28)(H,26,29). The fraction of sp³-hybridized carbons (Fsp3) is 0.348. The lowest BCUT2D eigenvalue weighted by molar-refractivity contribution is -0.135. The summed E-state index contributed by atoms with van der Waals surface area (Å²) in [5.74, 6) is -0.456. The van der Waals surface area contributed by atoms with E-state index in [-0.39, 0.29) is 23.6 Å². The van der Waals surface area contributed by atoms with Gasteiger partial charge >= 0.3 is 0 Å². The van der Waals surface area contributed by atoms with E-state index in [1.54, 1.807) is 29.2 Å². The minimum Gasteiger partial charge on any atom is -0.354 e. The van der Waals surface area contributed by atoms with E-state index in [1.165, 1.54) is 0 Å². The average molecular weight is 428 g/mol. The lowest BCUT2D eigenvalue weighted by atomic mass is 9.95. The molecule has 1 fully saturated rings. The van der Waals surface area contributed by atoms with E-state index < -0.39 is 5.38 Å². The molecule has 1 heterocycles. The second-order valence-electron chi connectivity index (χ2n) is 7.29. The number of carbonyl (C=O) groups is 3. The number of benzene rings is 2. The molecule has 158 valence electrons. The number of alkyl halides is 1. The van der Waals surface area contributed by atoms with Crippen molar-refractivity contribution in [3.63, 3.8) is 0 Å². The maximum absolute atomic E-state index is 12.6. The van der Waals surface area contributed by atoms with Crippen molar-refractivity contribution < 1.29 is 14.4 Å². The number of halogens is 1. The maximum atomic E-state index is 12.6. The van der Waals surface area contributed by atoms with Crippen molar-refractivity contribution in [1.82, 2.24) is 15.5 Å². The molecule has 1 atom stereocenters. The summed E-state index contributed by atoms with van der Waals surface area (Å²) in [6, 6.07) is 18.2. The van der Waals surface area contributed by atoms with E-state index in [0.29, 0.717) is 44.6 Å². The number of likely N-dealkylation sites (tertiary alicyclic amines) is 1. The Balaban J connectivity index is 1.37. The van der Waals surface area contributed by atoms with Gasteiger partial charge in [0, 0.05) is 37.7 Å². The molecule has 1 unspecified atom stereocenters. The third-order valence-corrected chi connectivity index (χ3v) is 5.67. The zero-order valence-electron chi connectivity index (χ0n) is 16.7. The lowest BCUT2D eigenvalue weighted by Crippen LogP contribution is -2.45. The van der Waals surface area contributed by atoms with Crippen LogP contribution in [0.15, 0.2) is 60.7 Å². The lowest BCUT2D eigenvalue weighted by Gasteiger charge is -2.32. The van der Waals surface area contributed by atoms with Gasteiger partial charge in [0.25, 0.3) is 5.91 Å². The van der Waals surface area contributed by atoms with Gasteiger partial charge in [-0.3, -0.25) is 14.4 Å². The summed E-state index contributed by atoms with van der Waals surface area (Å²) >= 11 is 6.34. The number of amides is 3. The van der Waals surface area contributed by atoms with E-state index in [4.69, 9.17) is 11.6 Å². The van der Waals surface area contributed by atoms with Crippen LogP contribution in [0.1, 0.15) is 34.1 Å². The Bertz CT molecular complexity index is 853. The first kappa shape index (κ1) is 21.8. The molecule has 7 heteroatoms. The van der Waals surface area contributed by atoms with Crippen LogP contribution in [-0.2, 0) is 9.59 Å². The van der Waals surface area contributed by atoms with Crippen LogP contribution in [0.3, 0.4) is 0 Å². The number of nitrogens with zero attached hydrogens (tertiary/aromatic N) is 1. The monoisotopic (exact) mass is 427 g/mol. The molecule has 0 saturated carbocycles. The molecule has 0 aromatic heterocycles. The Hall–Kier alpha value is -2.86. The molecule has 2 aromatic carbocycles. The van der Waals surface area contributed by atoms with Gasteiger partial charge in [-0.15, -0.1) is 11.6 Å². The third kappa shape index (κ3) is 5.83. The number of hydrogen-bond donors (Lipinski definition) is 2. The fourth-order valence-corrected chi connectivity index (χ4v) is 3.77. The van der Waals surface area contributed by atoms with Crippen molar-refractivity contribution in [3.8, 4) is 0 Å². The number of rotatable bonds is 7. The summed E-state index contributed by atoms with van der Waals surface area (Å²) in [5.41, 5.74) is 1.37. The molecule has 30 heavy (non-hydrogen) atoms. The molecule has 6 nitrogen and oxygen atoms in total. The first-order valence-electron chi connectivity index (χ1n) is 10.1. The highest BCUT2D eigenvalue weighted by molar-refractivity contribution is 6.30. The molecule has 0 bridgehead atoms. The van der Waals surface area contributed by atoms with Crippen molar-refractivity contribution >= 4 is 29.3 Å². The summed E-state index contributed by atoms with van der Waals surface area (Å²) in [6.45, 7) is 1.76. The quantitative estimate of drug-likeness (QED) is 0.526. The Kier molecular flexibility index (Phi) is 7.85. The number of hydrogen-bond acceptors (Lipinski definition) is 3. The highest BCUT2D eigenvalue weighted by atomic mass is 35.5. The number of nitrogens with one attached hydrogen (secondary N) is 2. The Labute approximate surface area is 181 Å². The van der Waals surface area contributed by atoms with E-state index >= 15 is 0 Å². The van der Waals surface area contributed by atoms with Crippen molar-refractivity contribution in [3.05, 3.63) is 71.8 Å². The number of piperidine rings is 1. The van der Waals surface area contributed by atoms with Gasteiger partial charge in [0.05, 0.1) is 0 Å². The van der Waals surface area contributed by atoms with Crippen molar-refractivity contribution in [1.29, 1.82) is 0 Å². The van der Waals surface area contributed by atoms with Crippen LogP contribution < -0.4 is 10.6 Å². The van der Waals surface area contributed by atoms with Gasteiger partial charge in [-0.05, 0) is 30.5 Å². The van der Waals surface area contributed by atoms with Crippen molar-refractivity contribution in [2.45, 2.75) is 18.2 Å². The summed E-state index contributed by atoms with van der Waals surface area (Å²) in [7, 11) is 0. The first-order chi connectivity index (χ1) is 14.6. The molecule has 3 amide bonds. The third-order valence-electron chi connectivity index (χ3n) is 5.23. The normalized spacial score (nSPS) is 15.3. The molecule has 0 aliphatic carbocycles. The second-order valence-corrected chi connectivity index (χ2v) is 7.72. The Morgan fingerprint density at radius 1 is 0.900 bits per heavy atom. The summed E-state index contributed by atoms with van der Waals surface area (Å²) in [5, 5.41) is 4.95. The van der Waals surface area contributed by atoms with Crippen LogP contribution in [0, 0.1) is 5.92 Å². The van der Waals surface area contributed by atoms with Crippen LogP contribution in [0.5, 0.6) is 0 Å². The molecule has 1 aliphatic rings. The fourth-order valence-electron chi connectivity index (χ4n) is 3.48. The van der Waals surface area contributed by atoms with E-state index in [2.05, 4.69) is 10.6 Å². The van der Waals surface area contributed by atoms with Gasteiger partial charge < -0.3 is 15.5 Å². The van der Waals surface area contributed by atoms with Gasteiger partial charge in [-0.1, -0.05) is 48.5 Å². The topological polar surface area (TPSA) is 78.5 Å². The van der Waals surface area contributed by atoms with Gasteiger partial charge in [0.15, 0.2) is 0 Å². The molecule has 0 radical (unpaired) electrons. The SMILES string of the molecule is O=C(NCCNC(=O)C1CCN(C(=O)C(Cl)c2ccccc2)CC1)c1ccccc1. The maximum Gasteiger partial charge on any atom is 0.251 e. The molecule has 2 N–H and O–H groups in total. The Morgan fingerprint density at radius 3 is 2.10 bits per heavy atom. The predicted molar refractivity (Wildman–Crippen MR) is 116 cm³/mol. The smallest absolute Gasteiger partial charge is 0.251 e. The Morgan fingerprint density at radius 2 is 1.47 bits per heavy atom.